The van der Waals surface area contributed by atoms with Gasteiger partial charge in [0.2, 0.25) is 0 Å². The van der Waals surface area contributed by atoms with Crippen LogP contribution in [0.25, 0.3) is 0 Å². The zero-order valence-corrected chi connectivity index (χ0v) is 12.7. The molecule has 1 atom stereocenters. The number of rotatable bonds is 3. The van der Waals surface area contributed by atoms with Gasteiger partial charge in [-0.1, -0.05) is 23.9 Å². The van der Waals surface area contributed by atoms with Gasteiger partial charge in [0.15, 0.2) is 0 Å². The van der Waals surface area contributed by atoms with Gasteiger partial charge in [-0.05, 0) is 35.9 Å². The van der Waals surface area contributed by atoms with Crippen LogP contribution >= 0.6 is 11.8 Å². The number of benzene rings is 2. The van der Waals surface area contributed by atoms with Crippen molar-refractivity contribution in [2.45, 2.75) is 10.3 Å². The number of methoxy groups -OCH3 is 1. The van der Waals surface area contributed by atoms with Crippen molar-refractivity contribution in [3.63, 3.8) is 0 Å². The molecule has 1 N–H and O–H groups in total. The number of anilines is 2. The molecule has 0 radical (unpaired) electrons. The van der Waals surface area contributed by atoms with Crippen LogP contribution < -0.4 is 15.0 Å². The first kappa shape index (κ1) is 13.2. The largest absolute Gasteiger partial charge is 0.497 e. The highest BCUT2D eigenvalue weighted by Crippen LogP contribution is 2.47. The predicted octanol–water partition coefficient (Wildman–Crippen LogP) is 3.98. The lowest BCUT2D eigenvalue weighted by atomic mass is 10.2. The molecule has 104 valence electrons. The molecule has 0 amide bonds. The van der Waals surface area contributed by atoms with Crippen molar-refractivity contribution in [1.29, 1.82) is 0 Å². The molecule has 1 unspecified atom stereocenters. The van der Waals surface area contributed by atoms with E-state index in [9.17, 15) is 0 Å². The van der Waals surface area contributed by atoms with Crippen molar-refractivity contribution in [3.8, 4) is 5.75 Å². The monoisotopic (exact) mass is 286 g/mol. The fraction of sp³-hybridized carbons (Fsp3) is 0.250. The Bertz CT molecular complexity index is 610. The van der Waals surface area contributed by atoms with Crippen LogP contribution in [0.15, 0.2) is 47.4 Å². The first-order valence-corrected chi connectivity index (χ1v) is 7.44. The van der Waals surface area contributed by atoms with Gasteiger partial charge < -0.3 is 15.0 Å². The summed E-state index contributed by atoms with van der Waals surface area (Å²) < 4.78 is 5.28. The highest BCUT2D eigenvalue weighted by atomic mass is 32.2. The van der Waals surface area contributed by atoms with Gasteiger partial charge in [0.25, 0.3) is 0 Å². The van der Waals surface area contributed by atoms with Gasteiger partial charge in [-0.15, -0.1) is 0 Å². The van der Waals surface area contributed by atoms with Crippen molar-refractivity contribution < 1.29 is 4.74 Å². The van der Waals surface area contributed by atoms with Crippen molar-refractivity contribution >= 4 is 23.1 Å². The summed E-state index contributed by atoms with van der Waals surface area (Å²) in [4.78, 5) is 3.35. The third-order valence-electron chi connectivity index (χ3n) is 3.43. The molecule has 3 nitrogen and oxygen atoms in total. The zero-order valence-electron chi connectivity index (χ0n) is 11.9. The van der Waals surface area contributed by atoms with Crippen LogP contribution in [0.3, 0.4) is 0 Å². The first-order chi connectivity index (χ1) is 9.67. The standard InChI is InChI=1S/C16H18N2OS/c1-18(2)12-6-4-11(5-7-12)16-17-14-9-8-13(19-3)10-15(14)20-16/h4-10,16-17H,1-3H3. The molecule has 20 heavy (non-hydrogen) atoms. The van der Waals surface area contributed by atoms with Crippen LogP contribution in [0.4, 0.5) is 11.4 Å². The van der Waals surface area contributed by atoms with Crippen LogP contribution in [-0.4, -0.2) is 21.2 Å². The molecule has 4 heteroatoms. The zero-order chi connectivity index (χ0) is 14.1. The lowest BCUT2D eigenvalue weighted by molar-refractivity contribution is 0.414. The Balaban J connectivity index is 1.80. The lowest BCUT2D eigenvalue weighted by Gasteiger charge is -2.15. The number of thioether (sulfide) groups is 1. The third kappa shape index (κ3) is 2.43. The van der Waals surface area contributed by atoms with Crippen LogP contribution in [0.1, 0.15) is 10.9 Å². The minimum absolute atomic E-state index is 0.272. The second kappa shape index (κ2) is 5.29. The minimum atomic E-state index is 0.272. The van der Waals surface area contributed by atoms with Gasteiger partial charge in [0.1, 0.15) is 11.1 Å². The third-order valence-corrected chi connectivity index (χ3v) is 4.65. The van der Waals surface area contributed by atoms with Crippen LogP contribution in [0.5, 0.6) is 5.75 Å². The molecule has 0 saturated carbocycles. The van der Waals surface area contributed by atoms with Crippen LogP contribution in [-0.2, 0) is 0 Å². The van der Waals surface area contributed by atoms with Crippen LogP contribution in [0.2, 0.25) is 0 Å². The van der Waals surface area contributed by atoms with E-state index in [-0.39, 0.29) is 5.37 Å². The Morgan fingerprint density at radius 3 is 2.50 bits per heavy atom. The molecule has 1 aliphatic heterocycles. The number of hydrogen-bond acceptors (Lipinski definition) is 4. The molecule has 3 rings (SSSR count). The highest BCUT2D eigenvalue weighted by Gasteiger charge is 2.23. The molecular formula is C16H18N2OS. The van der Waals surface area contributed by atoms with Gasteiger partial charge in [-0.25, -0.2) is 0 Å². The van der Waals surface area contributed by atoms with Crippen LogP contribution in [0, 0.1) is 0 Å². The fourth-order valence-electron chi connectivity index (χ4n) is 2.24. The van der Waals surface area contributed by atoms with E-state index in [1.807, 2.05) is 17.8 Å². The Morgan fingerprint density at radius 1 is 1.10 bits per heavy atom. The summed E-state index contributed by atoms with van der Waals surface area (Å²) in [5.41, 5.74) is 3.68. The van der Waals surface area contributed by atoms with Gasteiger partial charge in [-0.2, -0.15) is 0 Å². The summed E-state index contributed by atoms with van der Waals surface area (Å²) in [6.07, 6.45) is 0. The molecule has 2 aromatic rings. The molecule has 2 aromatic carbocycles. The molecule has 0 saturated heterocycles. The summed E-state index contributed by atoms with van der Waals surface area (Å²) in [5.74, 6) is 0.904. The number of hydrogen-bond donors (Lipinski definition) is 1. The average Bonchev–Trinajstić information content (AvgIpc) is 2.90. The predicted molar refractivity (Wildman–Crippen MR) is 86.0 cm³/mol. The molecular weight excluding hydrogens is 268 g/mol. The van der Waals surface area contributed by atoms with E-state index in [1.165, 1.54) is 21.8 Å². The maximum atomic E-state index is 5.28. The van der Waals surface area contributed by atoms with E-state index in [1.54, 1.807) is 7.11 Å². The summed E-state index contributed by atoms with van der Waals surface area (Å²) in [6.45, 7) is 0. The van der Waals surface area contributed by atoms with E-state index in [4.69, 9.17) is 4.74 Å². The second-order valence-corrected chi connectivity index (χ2v) is 6.14. The van der Waals surface area contributed by atoms with Crippen molar-refractivity contribution in [2.24, 2.45) is 0 Å². The maximum Gasteiger partial charge on any atom is 0.120 e. The Labute approximate surface area is 123 Å². The normalized spacial score (nSPS) is 16.4. The van der Waals surface area contributed by atoms with Crippen molar-refractivity contribution in [3.05, 3.63) is 48.0 Å². The average molecular weight is 286 g/mol. The number of nitrogens with one attached hydrogen (secondary N) is 1. The second-order valence-electron chi connectivity index (χ2n) is 4.99. The fourth-order valence-corrected chi connectivity index (χ4v) is 3.41. The maximum absolute atomic E-state index is 5.28. The van der Waals surface area contributed by atoms with Gasteiger partial charge >= 0.3 is 0 Å². The summed E-state index contributed by atoms with van der Waals surface area (Å²) in [6, 6.07) is 14.8. The van der Waals surface area contributed by atoms with Crippen molar-refractivity contribution in [2.75, 3.05) is 31.4 Å². The molecule has 0 bridgehead atoms. The summed E-state index contributed by atoms with van der Waals surface area (Å²) >= 11 is 1.83. The lowest BCUT2D eigenvalue weighted by Crippen LogP contribution is -2.08. The molecule has 0 spiro atoms. The van der Waals surface area contributed by atoms with Crippen molar-refractivity contribution in [1.82, 2.24) is 0 Å². The highest BCUT2D eigenvalue weighted by molar-refractivity contribution is 8.00. The van der Waals surface area contributed by atoms with E-state index in [0.29, 0.717) is 0 Å². The van der Waals surface area contributed by atoms with Gasteiger partial charge in [-0.3, -0.25) is 0 Å². The Morgan fingerprint density at radius 2 is 1.85 bits per heavy atom. The Kier molecular flexibility index (Phi) is 3.49. The minimum Gasteiger partial charge on any atom is -0.497 e. The molecule has 0 aromatic heterocycles. The number of nitrogens with zero attached hydrogens (tertiary/aromatic N) is 1. The smallest absolute Gasteiger partial charge is 0.120 e. The topological polar surface area (TPSA) is 24.5 Å². The van der Waals surface area contributed by atoms with Gasteiger partial charge in [0.05, 0.1) is 7.11 Å². The number of fused-ring (bicyclic) bond motifs is 1. The van der Waals surface area contributed by atoms with E-state index in [2.05, 4.69) is 60.7 Å². The summed E-state index contributed by atoms with van der Waals surface area (Å²) in [5, 5.41) is 3.82. The first-order valence-electron chi connectivity index (χ1n) is 6.56. The van der Waals surface area contributed by atoms with E-state index in [0.717, 1.165) is 5.75 Å². The van der Waals surface area contributed by atoms with E-state index < -0.39 is 0 Å². The molecule has 0 fully saturated rings. The quantitative estimate of drug-likeness (QED) is 0.922. The SMILES string of the molecule is COc1ccc2c(c1)SC(c1ccc(N(C)C)cc1)N2. The molecule has 0 aliphatic carbocycles. The van der Waals surface area contributed by atoms with Gasteiger partial charge in [0, 0.05) is 30.4 Å². The molecule has 1 heterocycles. The van der Waals surface area contributed by atoms with E-state index >= 15 is 0 Å². The number of ether oxygens (including phenoxy) is 1. The molecule has 1 aliphatic rings. The Hall–Kier alpha value is -1.81. The summed E-state index contributed by atoms with van der Waals surface area (Å²) in [7, 11) is 5.81.